The van der Waals surface area contributed by atoms with Crippen LogP contribution in [0.15, 0.2) is 29.4 Å². The molecular formula is C12H14N4. The molecule has 0 unspecified atom stereocenters. The molecule has 0 aliphatic heterocycles. The van der Waals surface area contributed by atoms with Crippen molar-refractivity contribution < 1.29 is 0 Å². The predicted octanol–water partition coefficient (Wildman–Crippen LogP) is 2.90. The normalized spacial score (nSPS) is 15.6. The van der Waals surface area contributed by atoms with E-state index in [0.717, 1.165) is 29.8 Å². The van der Waals surface area contributed by atoms with Crippen LogP contribution in [0, 0.1) is 0 Å². The Morgan fingerprint density at radius 1 is 1.19 bits per heavy atom. The molecule has 2 N–H and O–H groups in total. The number of H-pyrrole nitrogens is 1. The Bertz CT molecular complexity index is 486. The highest BCUT2D eigenvalue weighted by atomic mass is 15.4. The van der Waals surface area contributed by atoms with Crippen molar-refractivity contribution >= 4 is 22.7 Å². The molecule has 0 amide bonds. The maximum absolute atomic E-state index is 4.40. The molecule has 3 rings (SSSR count). The van der Waals surface area contributed by atoms with Gasteiger partial charge in [-0.05, 0) is 37.8 Å². The van der Waals surface area contributed by atoms with Crippen LogP contribution in [0.1, 0.15) is 25.7 Å². The number of hydrogen-bond acceptors (Lipinski definition) is 3. The lowest BCUT2D eigenvalue weighted by Gasteiger charge is -1.96. The number of anilines is 1. The number of hydrogen-bond donors (Lipinski definition) is 2. The lowest BCUT2D eigenvalue weighted by molar-refractivity contribution is 0.886. The summed E-state index contributed by atoms with van der Waals surface area (Å²) in [6.45, 7) is 0. The molecule has 1 heterocycles. The van der Waals surface area contributed by atoms with Crippen LogP contribution in [0.4, 0.5) is 5.95 Å². The number of benzene rings is 1. The van der Waals surface area contributed by atoms with Gasteiger partial charge in [0.25, 0.3) is 0 Å². The second-order valence-corrected chi connectivity index (χ2v) is 4.10. The number of aromatic nitrogens is 2. The van der Waals surface area contributed by atoms with Gasteiger partial charge in [0.1, 0.15) is 0 Å². The van der Waals surface area contributed by atoms with E-state index in [2.05, 4.69) is 20.5 Å². The van der Waals surface area contributed by atoms with Gasteiger partial charge in [0, 0.05) is 5.71 Å². The molecule has 16 heavy (non-hydrogen) atoms. The monoisotopic (exact) mass is 214 g/mol. The van der Waals surface area contributed by atoms with Crippen LogP contribution in [-0.2, 0) is 0 Å². The van der Waals surface area contributed by atoms with Gasteiger partial charge in [-0.2, -0.15) is 5.10 Å². The summed E-state index contributed by atoms with van der Waals surface area (Å²) < 4.78 is 0. The quantitative estimate of drug-likeness (QED) is 0.755. The number of hydrazone groups is 1. The third kappa shape index (κ3) is 1.78. The summed E-state index contributed by atoms with van der Waals surface area (Å²) in [5.74, 6) is 0.723. The molecule has 1 aromatic heterocycles. The highest BCUT2D eigenvalue weighted by Gasteiger charge is 2.08. The molecule has 1 fully saturated rings. The lowest BCUT2D eigenvalue weighted by atomic mass is 10.3. The molecule has 0 saturated heterocycles. The Hall–Kier alpha value is -1.84. The lowest BCUT2D eigenvalue weighted by Crippen LogP contribution is -1.97. The summed E-state index contributed by atoms with van der Waals surface area (Å²) >= 11 is 0. The van der Waals surface area contributed by atoms with Crippen LogP contribution in [-0.4, -0.2) is 15.7 Å². The summed E-state index contributed by atoms with van der Waals surface area (Å²) in [4.78, 5) is 7.59. The Labute approximate surface area is 93.8 Å². The number of imidazole rings is 1. The van der Waals surface area contributed by atoms with Crippen molar-refractivity contribution in [2.24, 2.45) is 5.10 Å². The van der Waals surface area contributed by atoms with Gasteiger partial charge >= 0.3 is 0 Å². The van der Waals surface area contributed by atoms with Crippen molar-refractivity contribution in [3.8, 4) is 0 Å². The largest absolute Gasteiger partial charge is 0.323 e. The summed E-state index contributed by atoms with van der Waals surface area (Å²) in [7, 11) is 0. The maximum Gasteiger partial charge on any atom is 0.222 e. The second-order valence-electron chi connectivity index (χ2n) is 4.10. The first-order valence-electron chi connectivity index (χ1n) is 5.68. The average molecular weight is 214 g/mol. The average Bonchev–Trinajstić information content (AvgIpc) is 2.95. The smallest absolute Gasteiger partial charge is 0.222 e. The minimum Gasteiger partial charge on any atom is -0.323 e. The number of aromatic amines is 1. The molecule has 0 atom stereocenters. The van der Waals surface area contributed by atoms with Crippen molar-refractivity contribution in [2.75, 3.05) is 5.43 Å². The first-order valence-corrected chi connectivity index (χ1v) is 5.68. The highest BCUT2D eigenvalue weighted by Crippen LogP contribution is 2.16. The van der Waals surface area contributed by atoms with E-state index in [0.29, 0.717) is 0 Å². The van der Waals surface area contributed by atoms with Crippen molar-refractivity contribution in [3.63, 3.8) is 0 Å². The Balaban J connectivity index is 1.81. The van der Waals surface area contributed by atoms with E-state index in [1.165, 1.54) is 18.6 Å². The minimum atomic E-state index is 0.723. The van der Waals surface area contributed by atoms with E-state index in [1.807, 2.05) is 24.3 Å². The van der Waals surface area contributed by atoms with Gasteiger partial charge in [-0.1, -0.05) is 12.1 Å². The number of rotatable bonds is 2. The number of para-hydroxylation sites is 2. The molecule has 2 aromatic rings. The van der Waals surface area contributed by atoms with Crippen LogP contribution < -0.4 is 5.43 Å². The van der Waals surface area contributed by atoms with Gasteiger partial charge in [0.15, 0.2) is 0 Å². The van der Waals surface area contributed by atoms with Crippen LogP contribution in [0.25, 0.3) is 11.0 Å². The fraction of sp³-hybridized carbons (Fsp3) is 0.333. The van der Waals surface area contributed by atoms with E-state index < -0.39 is 0 Å². The Morgan fingerprint density at radius 3 is 2.81 bits per heavy atom. The number of fused-ring (bicyclic) bond motifs is 1. The van der Waals surface area contributed by atoms with Crippen LogP contribution in [0.2, 0.25) is 0 Å². The van der Waals surface area contributed by atoms with E-state index in [-0.39, 0.29) is 0 Å². The number of nitrogens with zero attached hydrogens (tertiary/aromatic N) is 2. The van der Waals surface area contributed by atoms with Gasteiger partial charge in [-0.25, -0.2) is 10.4 Å². The van der Waals surface area contributed by atoms with Crippen molar-refractivity contribution in [1.29, 1.82) is 0 Å². The molecule has 1 aliphatic carbocycles. The van der Waals surface area contributed by atoms with Gasteiger partial charge in [-0.3, -0.25) is 0 Å². The molecule has 0 radical (unpaired) electrons. The van der Waals surface area contributed by atoms with Crippen LogP contribution >= 0.6 is 0 Å². The predicted molar refractivity (Wildman–Crippen MR) is 65.6 cm³/mol. The molecule has 4 heteroatoms. The van der Waals surface area contributed by atoms with Crippen molar-refractivity contribution in [3.05, 3.63) is 24.3 Å². The molecule has 0 bridgehead atoms. The fourth-order valence-electron chi connectivity index (χ4n) is 2.03. The maximum atomic E-state index is 4.40. The molecular weight excluding hydrogens is 200 g/mol. The van der Waals surface area contributed by atoms with Crippen LogP contribution in [0.3, 0.4) is 0 Å². The summed E-state index contributed by atoms with van der Waals surface area (Å²) in [6.07, 6.45) is 4.77. The minimum absolute atomic E-state index is 0.723. The van der Waals surface area contributed by atoms with Crippen molar-refractivity contribution in [2.45, 2.75) is 25.7 Å². The van der Waals surface area contributed by atoms with E-state index in [9.17, 15) is 0 Å². The SMILES string of the molecule is c1ccc2[nH]c(NN=C3CCCC3)nc2c1. The Kier molecular flexibility index (Phi) is 2.33. The highest BCUT2D eigenvalue weighted by molar-refractivity contribution is 5.86. The molecule has 1 saturated carbocycles. The molecule has 1 aromatic carbocycles. The Morgan fingerprint density at radius 2 is 2.00 bits per heavy atom. The standard InChI is InChI=1S/C12H14N4/c1-2-6-9(5-1)15-16-12-13-10-7-3-4-8-11(10)14-12/h3-4,7-8H,1-2,5-6H2,(H2,13,14,16). The first kappa shape index (κ1) is 9.39. The zero-order valence-corrected chi connectivity index (χ0v) is 9.03. The van der Waals surface area contributed by atoms with Crippen LogP contribution in [0.5, 0.6) is 0 Å². The topological polar surface area (TPSA) is 53.1 Å². The van der Waals surface area contributed by atoms with Gasteiger partial charge in [-0.15, -0.1) is 0 Å². The number of nitrogens with one attached hydrogen (secondary N) is 2. The molecule has 82 valence electrons. The van der Waals surface area contributed by atoms with Gasteiger partial charge in [0.05, 0.1) is 11.0 Å². The molecule has 4 nitrogen and oxygen atoms in total. The summed E-state index contributed by atoms with van der Waals surface area (Å²) in [5.41, 5.74) is 6.26. The van der Waals surface area contributed by atoms with E-state index in [1.54, 1.807) is 0 Å². The third-order valence-corrected chi connectivity index (χ3v) is 2.89. The van der Waals surface area contributed by atoms with E-state index >= 15 is 0 Å². The van der Waals surface area contributed by atoms with Crippen molar-refractivity contribution in [1.82, 2.24) is 9.97 Å². The zero-order valence-electron chi connectivity index (χ0n) is 9.03. The third-order valence-electron chi connectivity index (χ3n) is 2.89. The van der Waals surface area contributed by atoms with Gasteiger partial charge < -0.3 is 4.98 Å². The summed E-state index contributed by atoms with van der Waals surface area (Å²) in [6, 6.07) is 7.97. The van der Waals surface area contributed by atoms with Gasteiger partial charge in [0.2, 0.25) is 5.95 Å². The zero-order chi connectivity index (χ0) is 10.8. The molecule has 1 aliphatic rings. The van der Waals surface area contributed by atoms with E-state index in [4.69, 9.17) is 0 Å². The second kappa shape index (κ2) is 3.96. The fourth-order valence-corrected chi connectivity index (χ4v) is 2.03. The molecule has 0 spiro atoms. The summed E-state index contributed by atoms with van der Waals surface area (Å²) in [5, 5.41) is 4.36. The first-order chi connectivity index (χ1) is 7.92.